The molecule has 7 nitrogen and oxygen atoms in total. The van der Waals surface area contributed by atoms with Crippen molar-refractivity contribution in [3.05, 3.63) is 77.0 Å². The first kappa shape index (κ1) is 21.9. The minimum atomic E-state index is -0.417. The van der Waals surface area contributed by atoms with Crippen molar-refractivity contribution in [2.75, 3.05) is 32.8 Å². The number of rotatable bonds is 6. The first-order chi connectivity index (χ1) is 15.5. The number of hydrogen-bond donors (Lipinski definition) is 2. The molecule has 166 valence electrons. The second-order valence-electron chi connectivity index (χ2n) is 7.96. The average Bonchev–Trinajstić information content (AvgIpc) is 2.82. The number of ether oxygens (including phenoxy) is 1. The molecule has 2 amide bonds. The number of aliphatic hydroxyl groups is 1. The third kappa shape index (κ3) is 4.95. The number of fused-ring (bicyclic) bond motifs is 1. The highest BCUT2D eigenvalue weighted by molar-refractivity contribution is 6.06. The predicted octanol–water partition coefficient (Wildman–Crippen LogP) is 2.41. The molecule has 2 N–H and O–H groups in total. The minimum Gasteiger partial charge on any atom is -0.395 e. The molecule has 0 aliphatic carbocycles. The fourth-order valence-corrected chi connectivity index (χ4v) is 3.98. The van der Waals surface area contributed by atoms with Gasteiger partial charge in [-0.25, -0.2) is 4.98 Å². The Kier molecular flexibility index (Phi) is 6.78. The van der Waals surface area contributed by atoms with E-state index in [-0.39, 0.29) is 25.0 Å². The number of morpholine rings is 1. The van der Waals surface area contributed by atoms with Crippen molar-refractivity contribution >= 4 is 22.7 Å². The van der Waals surface area contributed by atoms with E-state index in [1.807, 2.05) is 55.5 Å². The van der Waals surface area contributed by atoms with Crippen LogP contribution in [-0.4, -0.2) is 59.7 Å². The van der Waals surface area contributed by atoms with Gasteiger partial charge in [0.15, 0.2) is 0 Å². The third-order valence-electron chi connectivity index (χ3n) is 5.56. The van der Waals surface area contributed by atoms with Crippen LogP contribution in [0.5, 0.6) is 0 Å². The quantitative estimate of drug-likeness (QED) is 0.623. The van der Waals surface area contributed by atoms with E-state index in [9.17, 15) is 9.59 Å². The van der Waals surface area contributed by atoms with Gasteiger partial charge < -0.3 is 20.1 Å². The summed E-state index contributed by atoms with van der Waals surface area (Å²) in [6, 6.07) is 17.1. The van der Waals surface area contributed by atoms with Gasteiger partial charge in [0.2, 0.25) is 5.91 Å². The van der Waals surface area contributed by atoms with Crippen molar-refractivity contribution in [3.63, 3.8) is 0 Å². The summed E-state index contributed by atoms with van der Waals surface area (Å²) in [5, 5.41) is 12.5. The average molecular weight is 434 g/mol. The van der Waals surface area contributed by atoms with Crippen molar-refractivity contribution < 1.29 is 19.4 Å². The van der Waals surface area contributed by atoms with Crippen LogP contribution in [0.3, 0.4) is 0 Å². The van der Waals surface area contributed by atoms with Crippen LogP contribution in [0.25, 0.3) is 10.9 Å². The maximum Gasteiger partial charge on any atom is 0.252 e. The fourth-order valence-electron chi connectivity index (χ4n) is 3.98. The van der Waals surface area contributed by atoms with Gasteiger partial charge >= 0.3 is 0 Å². The van der Waals surface area contributed by atoms with E-state index in [4.69, 9.17) is 14.8 Å². The Labute approximate surface area is 187 Å². The molecule has 0 radical (unpaired) electrons. The summed E-state index contributed by atoms with van der Waals surface area (Å²) in [7, 11) is 0. The number of para-hydroxylation sites is 1. The molecule has 1 saturated heterocycles. The number of carbonyl (C=O) groups excluding carboxylic acids is 2. The van der Waals surface area contributed by atoms with Gasteiger partial charge in [-0.3, -0.25) is 9.59 Å². The summed E-state index contributed by atoms with van der Waals surface area (Å²) >= 11 is 0. The smallest absolute Gasteiger partial charge is 0.252 e. The van der Waals surface area contributed by atoms with Crippen LogP contribution in [0.15, 0.2) is 54.6 Å². The summed E-state index contributed by atoms with van der Waals surface area (Å²) in [5.41, 5.74) is 3.90. The van der Waals surface area contributed by atoms with Crippen LogP contribution in [-0.2, 0) is 16.0 Å². The lowest BCUT2D eigenvalue weighted by molar-refractivity contribution is -0.138. The van der Waals surface area contributed by atoms with Gasteiger partial charge in [-0.2, -0.15) is 0 Å². The Hall–Kier alpha value is -3.29. The lowest BCUT2D eigenvalue weighted by Gasteiger charge is -2.33. The molecular formula is C25H27N3O4. The summed E-state index contributed by atoms with van der Waals surface area (Å²) in [4.78, 5) is 32.1. The number of hydrogen-bond acceptors (Lipinski definition) is 5. The Morgan fingerprint density at radius 2 is 2.03 bits per heavy atom. The molecule has 1 aromatic heterocycles. The normalized spacial score (nSPS) is 16.2. The van der Waals surface area contributed by atoms with Crippen LogP contribution < -0.4 is 5.32 Å². The highest BCUT2D eigenvalue weighted by Crippen LogP contribution is 2.26. The lowest BCUT2D eigenvalue weighted by atomic mass is 10.0. The highest BCUT2D eigenvalue weighted by Gasteiger charge is 2.27. The molecule has 3 aromatic rings. The maximum absolute atomic E-state index is 12.9. The second-order valence-corrected chi connectivity index (χ2v) is 7.96. The van der Waals surface area contributed by atoms with Crippen LogP contribution >= 0.6 is 0 Å². The van der Waals surface area contributed by atoms with E-state index in [0.717, 1.165) is 16.5 Å². The van der Waals surface area contributed by atoms with E-state index in [0.29, 0.717) is 42.9 Å². The molecule has 2 aromatic carbocycles. The molecule has 7 heteroatoms. The number of aromatic nitrogens is 1. The van der Waals surface area contributed by atoms with Gasteiger partial charge in [-0.1, -0.05) is 48.0 Å². The van der Waals surface area contributed by atoms with Crippen LogP contribution in [0.4, 0.5) is 0 Å². The summed E-state index contributed by atoms with van der Waals surface area (Å²) in [5.74, 6) is -0.229. The molecule has 1 aliphatic heterocycles. The summed E-state index contributed by atoms with van der Waals surface area (Å²) in [6.07, 6.45) is -0.0758. The Morgan fingerprint density at radius 3 is 2.84 bits per heavy atom. The summed E-state index contributed by atoms with van der Waals surface area (Å²) < 4.78 is 5.95. The van der Waals surface area contributed by atoms with Gasteiger partial charge in [0.25, 0.3) is 5.91 Å². The molecule has 1 atom stereocenters. The Bertz CT molecular complexity index is 1130. The van der Waals surface area contributed by atoms with Crippen molar-refractivity contribution in [1.82, 2.24) is 15.2 Å². The number of nitrogens with one attached hydrogen (secondary N) is 1. The molecular weight excluding hydrogens is 406 g/mol. The van der Waals surface area contributed by atoms with Crippen molar-refractivity contribution in [3.8, 4) is 0 Å². The minimum absolute atomic E-state index is 0.0469. The van der Waals surface area contributed by atoms with Crippen LogP contribution in [0, 0.1) is 6.92 Å². The Morgan fingerprint density at radius 1 is 1.19 bits per heavy atom. The van der Waals surface area contributed by atoms with Gasteiger partial charge in [0, 0.05) is 18.5 Å². The topological polar surface area (TPSA) is 91.8 Å². The van der Waals surface area contributed by atoms with Crippen molar-refractivity contribution in [1.29, 1.82) is 0 Å². The van der Waals surface area contributed by atoms with E-state index in [1.165, 1.54) is 0 Å². The molecule has 0 bridgehead atoms. The monoisotopic (exact) mass is 433 g/mol. The number of benzene rings is 2. The Balaban J connectivity index is 1.56. The number of amides is 2. The third-order valence-corrected chi connectivity index (χ3v) is 5.56. The van der Waals surface area contributed by atoms with Gasteiger partial charge in [0.1, 0.15) is 6.10 Å². The molecule has 4 rings (SSSR count). The largest absolute Gasteiger partial charge is 0.395 e. The van der Waals surface area contributed by atoms with Gasteiger partial charge in [-0.15, -0.1) is 0 Å². The predicted molar refractivity (Wildman–Crippen MR) is 121 cm³/mol. The number of aliphatic hydroxyl groups excluding tert-OH is 1. The first-order valence-corrected chi connectivity index (χ1v) is 10.8. The standard InChI is InChI=1S/C25H27N3O4/c1-17-5-4-6-18(13-17)14-24(30)28-10-12-32-23(16-28)22-15-20(25(31)26-9-11-29)19-7-2-3-8-21(19)27-22/h2-8,13,15,23,29H,9-12,14,16H2,1H3,(H,26,31)/t23-/m0/s1. The fraction of sp³-hybridized carbons (Fsp3) is 0.320. The van der Waals surface area contributed by atoms with Crippen molar-refractivity contribution in [2.24, 2.45) is 0 Å². The number of nitrogens with zero attached hydrogens (tertiary/aromatic N) is 2. The van der Waals surface area contributed by atoms with Crippen LogP contribution in [0.1, 0.15) is 33.3 Å². The van der Waals surface area contributed by atoms with Crippen LogP contribution in [0.2, 0.25) is 0 Å². The van der Waals surface area contributed by atoms with E-state index < -0.39 is 6.10 Å². The molecule has 0 spiro atoms. The highest BCUT2D eigenvalue weighted by atomic mass is 16.5. The zero-order valence-electron chi connectivity index (χ0n) is 18.1. The second kappa shape index (κ2) is 9.89. The molecule has 0 unspecified atom stereocenters. The van der Waals surface area contributed by atoms with Gasteiger partial charge in [-0.05, 0) is 24.6 Å². The number of carbonyl (C=O) groups is 2. The SMILES string of the molecule is Cc1cccc(CC(=O)N2CCO[C@H](c3cc(C(=O)NCCO)c4ccccc4n3)C2)c1. The van der Waals surface area contributed by atoms with Crippen molar-refractivity contribution in [2.45, 2.75) is 19.4 Å². The first-order valence-electron chi connectivity index (χ1n) is 10.8. The molecule has 2 heterocycles. The zero-order valence-corrected chi connectivity index (χ0v) is 18.1. The molecule has 0 saturated carbocycles. The van der Waals surface area contributed by atoms with E-state index >= 15 is 0 Å². The van der Waals surface area contributed by atoms with E-state index in [1.54, 1.807) is 11.0 Å². The molecule has 1 fully saturated rings. The van der Waals surface area contributed by atoms with Gasteiger partial charge in [0.05, 0.1) is 43.0 Å². The lowest BCUT2D eigenvalue weighted by Crippen LogP contribution is -2.43. The van der Waals surface area contributed by atoms with E-state index in [2.05, 4.69) is 5.32 Å². The number of pyridine rings is 1. The molecule has 32 heavy (non-hydrogen) atoms. The molecule has 1 aliphatic rings. The zero-order chi connectivity index (χ0) is 22.5. The summed E-state index contributed by atoms with van der Waals surface area (Å²) in [6.45, 7) is 3.37. The number of aryl methyl sites for hydroxylation is 1. The maximum atomic E-state index is 12.9.